The fourth-order valence-corrected chi connectivity index (χ4v) is 1.26. The molecule has 0 N–H and O–H groups in total. The lowest BCUT2D eigenvalue weighted by atomic mass is 10.2. The minimum atomic E-state index is 0.0741. The zero-order valence-corrected chi connectivity index (χ0v) is 9.40. The van der Waals surface area contributed by atoms with Gasteiger partial charge >= 0.3 is 0 Å². The largest absolute Gasteiger partial charge is 0.488 e. The van der Waals surface area contributed by atoms with E-state index >= 15 is 0 Å². The molecular weight excluding hydrogens is 188 g/mol. The minimum Gasteiger partial charge on any atom is -0.488 e. The summed E-state index contributed by atoms with van der Waals surface area (Å²) in [5.41, 5.74) is 1.07. The molecule has 2 heteroatoms. The SMILES string of the molecule is C=Cc1cccc(OC(C)COCC)c1. The highest BCUT2D eigenvalue weighted by Gasteiger charge is 2.03. The van der Waals surface area contributed by atoms with Gasteiger partial charge < -0.3 is 9.47 Å². The first-order valence-corrected chi connectivity index (χ1v) is 5.23. The minimum absolute atomic E-state index is 0.0741. The molecule has 0 aliphatic heterocycles. The fourth-order valence-electron chi connectivity index (χ4n) is 1.26. The highest BCUT2D eigenvalue weighted by molar-refractivity contribution is 5.49. The molecule has 0 bridgehead atoms. The van der Waals surface area contributed by atoms with Crippen LogP contribution in [0.3, 0.4) is 0 Å². The summed E-state index contributed by atoms with van der Waals surface area (Å²) in [6.45, 7) is 9.04. The number of hydrogen-bond acceptors (Lipinski definition) is 2. The highest BCUT2D eigenvalue weighted by Crippen LogP contribution is 2.15. The lowest BCUT2D eigenvalue weighted by molar-refractivity contribution is 0.0657. The predicted molar refractivity (Wildman–Crippen MR) is 63.1 cm³/mol. The van der Waals surface area contributed by atoms with Gasteiger partial charge in [-0.25, -0.2) is 0 Å². The Hall–Kier alpha value is -1.28. The van der Waals surface area contributed by atoms with E-state index < -0.39 is 0 Å². The lowest BCUT2D eigenvalue weighted by Gasteiger charge is -2.14. The quantitative estimate of drug-likeness (QED) is 0.712. The molecule has 0 aliphatic rings. The van der Waals surface area contributed by atoms with E-state index in [0.717, 1.165) is 17.9 Å². The molecular formula is C13H18O2. The maximum atomic E-state index is 5.69. The predicted octanol–water partition coefficient (Wildman–Crippen LogP) is 3.13. The standard InChI is InChI=1S/C13H18O2/c1-4-12-7-6-8-13(9-12)15-11(3)10-14-5-2/h4,6-9,11H,1,5,10H2,2-3H3. The summed E-state index contributed by atoms with van der Waals surface area (Å²) >= 11 is 0. The molecule has 0 radical (unpaired) electrons. The summed E-state index contributed by atoms with van der Waals surface area (Å²) in [5, 5.41) is 0. The van der Waals surface area contributed by atoms with Gasteiger partial charge in [0, 0.05) is 6.61 Å². The van der Waals surface area contributed by atoms with Crippen molar-refractivity contribution >= 4 is 6.08 Å². The van der Waals surface area contributed by atoms with Crippen molar-refractivity contribution in [3.63, 3.8) is 0 Å². The first-order chi connectivity index (χ1) is 7.26. The second kappa shape index (κ2) is 6.25. The molecule has 0 aromatic heterocycles. The summed E-state index contributed by atoms with van der Waals surface area (Å²) in [5.74, 6) is 0.861. The van der Waals surface area contributed by atoms with Gasteiger partial charge in [-0.05, 0) is 31.5 Å². The summed E-state index contributed by atoms with van der Waals surface area (Å²) < 4.78 is 11.0. The van der Waals surface area contributed by atoms with Crippen molar-refractivity contribution in [2.75, 3.05) is 13.2 Å². The molecule has 1 aromatic rings. The summed E-state index contributed by atoms with van der Waals surface area (Å²) in [4.78, 5) is 0. The Labute approximate surface area is 91.5 Å². The normalized spacial score (nSPS) is 12.1. The molecule has 15 heavy (non-hydrogen) atoms. The van der Waals surface area contributed by atoms with Crippen LogP contribution in [0.1, 0.15) is 19.4 Å². The number of ether oxygens (including phenoxy) is 2. The van der Waals surface area contributed by atoms with Gasteiger partial charge in [-0.3, -0.25) is 0 Å². The van der Waals surface area contributed by atoms with Crippen molar-refractivity contribution in [3.8, 4) is 5.75 Å². The molecule has 1 unspecified atom stereocenters. The Morgan fingerprint density at radius 3 is 2.93 bits per heavy atom. The lowest BCUT2D eigenvalue weighted by Crippen LogP contribution is -2.18. The maximum Gasteiger partial charge on any atom is 0.120 e. The third-order valence-corrected chi connectivity index (χ3v) is 1.99. The van der Waals surface area contributed by atoms with E-state index in [1.165, 1.54) is 0 Å². The van der Waals surface area contributed by atoms with Crippen LogP contribution < -0.4 is 4.74 Å². The first kappa shape index (κ1) is 11.8. The number of rotatable bonds is 6. The van der Waals surface area contributed by atoms with Gasteiger partial charge in [0.1, 0.15) is 11.9 Å². The average Bonchev–Trinajstić information content (AvgIpc) is 2.26. The van der Waals surface area contributed by atoms with E-state index in [1.807, 2.05) is 38.1 Å². The average molecular weight is 206 g/mol. The van der Waals surface area contributed by atoms with Crippen molar-refractivity contribution in [1.82, 2.24) is 0 Å². The number of benzene rings is 1. The Morgan fingerprint density at radius 1 is 1.47 bits per heavy atom. The Bertz CT molecular complexity index is 307. The molecule has 1 aromatic carbocycles. The molecule has 0 aliphatic carbocycles. The zero-order valence-electron chi connectivity index (χ0n) is 9.40. The molecule has 0 fully saturated rings. The molecule has 0 saturated carbocycles. The van der Waals surface area contributed by atoms with Crippen LogP contribution in [-0.2, 0) is 4.74 Å². The summed E-state index contributed by atoms with van der Waals surface area (Å²) in [6.07, 6.45) is 1.88. The van der Waals surface area contributed by atoms with Gasteiger partial charge in [0.2, 0.25) is 0 Å². The zero-order chi connectivity index (χ0) is 11.1. The first-order valence-electron chi connectivity index (χ1n) is 5.23. The third kappa shape index (κ3) is 4.17. The molecule has 1 atom stereocenters. The smallest absolute Gasteiger partial charge is 0.120 e. The Morgan fingerprint density at radius 2 is 2.27 bits per heavy atom. The van der Waals surface area contributed by atoms with Crippen molar-refractivity contribution in [2.24, 2.45) is 0 Å². The van der Waals surface area contributed by atoms with E-state index in [2.05, 4.69) is 6.58 Å². The van der Waals surface area contributed by atoms with Gasteiger partial charge in [0.15, 0.2) is 0 Å². The van der Waals surface area contributed by atoms with Crippen molar-refractivity contribution in [1.29, 1.82) is 0 Å². The van der Waals surface area contributed by atoms with E-state index in [-0.39, 0.29) is 6.10 Å². The summed E-state index contributed by atoms with van der Waals surface area (Å²) in [7, 11) is 0. The second-order valence-corrected chi connectivity index (χ2v) is 3.36. The van der Waals surface area contributed by atoms with E-state index in [9.17, 15) is 0 Å². The van der Waals surface area contributed by atoms with E-state index in [4.69, 9.17) is 9.47 Å². The molecule has 0 heterocycles. The van der Waals surface area contributed by atoms with Crippen molar-refractivity contribution in [2.45, 2.75) is 20.0 Å². The van der Waals surface area contributed by atoms with Crippen LogP contribution in [0.5, 0.6) is 5.75 Å². The molecule has 2 nitrogen and oxygen atoms in total. The monoisotopic (exact) mass is 206 g/mol. The van der Waals surface area contributed by atoms with Gasteiger partial charge in [-0.1, -0.05) is 24.8 Å². The molecule has 0 spiro atoms. The van der Waals surface area contributed by atoms with E-state index in [0.29, 0.717) is 6.61 Å². The van der Waals surface area contributed by atoms with Crippen LogP contribution >= 0.6 is 0 Å². The van der Waals surface area contributed by atoms with Crippen LogP contribution in [-0.4, -0.2) is 19.3 Å². The number of hydrogen-bond donors (Lipinski definition) is 0. The van der Waals surface area contributed by atoms with Crippen LogP contribution in [0.2, 0.25) is 0 Å². The van der Waals surface area contributed by atoms with Gasteiger partial charge in [0.25, 0.3) is 0 Å². The molecule has 82 valence electrons. The molecule has 0 saturated heterocycles. The molecule has 0 amide bonds. The van der Waals surface area contributed by atoms with Crippen molar-refractivity contribution < 1.29 is 9.47 Å². The third-order valence-electron chi connectivity index (χ3n) is 1.99. The van der Waals surface area contributed by atoms with Crippen molar-refractivity contribution in [3.05, 3.63) is 36.4 Å². The fraction of sp³-hybridized carbons (Fsp3) is 0.385. The summed E-state index contributed by atoms with van der Waals surface area (Å²) in [6, 6.07) is 7.86. The highest BCUT2D eigenvalue weighted by atomic mass is 16.5. The van der Waals surface area contributed by atoms with Crippen LogP contribution in [0, 0.1) is 0 Å². The van der Waals surface area contributed by atoms with Crippen LogP contribution in [0.4, 0.5) is 0 Å². The van der Waals surface area contributed by atoms with Gasteiger partial charge in [0.05, 0.1) is 6.61 Å². The van der Waals surface area contributed by atoms with Crippen LogP contribution in [0.25, 0.3) is 6.08 Å². The maximum absolute atomic E-state index is 5.69. The van der Waals surface area contributed by atoms with Gasteiger partial charge in [-0.2, -0.15) is 0 Å². The van der Waals surface area contributed by atoms with Crippen LogP contribution in [0.15, 0.2) is 30.8 Å². The second-order valence-electron chi connectivity index (χ2n) is 3.36. The topological polar surface area (TPSA) is 18.5 Å². The molecule has 1 rings (SSSR count). The van der Waals surface area contributed by atoms with Gasteiger partial charge in [-0.15, -0.1) is 0 Å². The Balaban J connectivity index is 2.52. The Kier molecular flexibility index (Phi) is 4.91. The van der Waals surface area contributed by atoms with E-state index in [1.54, 1.807) is 6.08 Å².